The number of ether oxygens (including phenoxy) is 2. The maximum absolute atomic E-state index is 12.4. The number of fused-ring (bicyclic) bond motifs is 2. The summed E-state index contributed by atoms with van der Waals surface area (Å²) in [5.74, 6) is 0.645. The second-order valence-corrected chi connectivity index (χ2v) is 11.3. The molecule has 1 aromatic carbocycles. The first-order valence-electron chi connectivity index (χ1n) is 5.92. The van der Waals surface area contributed by atoms with E-state index in [9.17, 15) is 4.79 Å². The topological polar surface area (TPSA) is 79.4 Å². The van der Waals surface area contributed by atoms with Gasteiger partial charge in [-0.2, -0.15) is 0 Å². The normalized spacial score (nSPS) is 29.6. The molecule has 2 unspecified atom stereocenters. The number of para-hydroxylation sites is 1. The number of halogens is 2. The maximum atomic E-state index is 12.4. The van der Waals surface area contributed by atoms with Crippen LogP contribution in [0, 0.1) is 0 Å². The fourth-order valence-electron chi connectivity index (χ4n) is 2.19. The molecule has 2 atom stereocenters. The van der Waals surface area contributed by atoms with Crippen LogP contribution >= 0.6 is 43.0 Å². The van der Waals surface area contributed by atoms with Crippen molar-refractivity contribution in [1.82, 2.24) is 7.06 Å². The van der Waals surface area contributed by atoms with Gasteiger partial charge in [-0.15, -0.1) is 0 Å². The summed E-state index contributed by atoms with van der Waals surface area (Å²) in [6.45, 7) is 2.34. The molecule has 0 radical (unpaired) electrons. The molecule has 2 saturated heterocycles. The standard InChI is InChI=1S/C12H12I2N2O3/c1-11(13,12-14(15-12)16-12)10(17)19-9-6-18-8-5-3-2-4-7(8)9/h2-5,9,15-16H,6H2,1H3. The molecule has 4 rings (SSSR count). The molecule has 0 spiro atoms. The number of alkyl halides is 2. The van der Waals surface area contributed by atoms with Gasteiger partial charge in [0, 0.05) is 0 Å². The molecule has 5 nitrogen and oxygen atoms in total. The zero-order valence-electron chi connectivity index (χ0n) is 10.1. The molecule has 19 heavy (non-hydrogen) atoms. The number of esters is 1. The summed E-state index contributed by atoms with van der Waals surface area (Å²) in [6, 6.07) is 7.71. The van der Waals surface area contributed by atoms with E-state index in [4.69, 9.17) is 9.47 Å². The molecule has 0 aromatic heterocycles. The molecule has 2 N–H and O–H groups in total. The third-order valence-electron chi connectivity index (χ3n) is 3.60. The predicted octanol–water partition coefficient (Wildman–Crippen LogP) is 2.05. The van der Waals surface area contributed by atoms with E-state index in [0.717, 1.165) is 11.3 Å². The Morgan fingerprint density at radius 2 is 2.26 bits per heavy atom. The number of hydrogen-bond acceptors (Lipinski definition) is 5. The number of hydrogen-bond donors (Lipinski definition) is 2. The molecule has 0 aliphatic carbocycles. The minimum absolute atomic E-state index is 0.0897. The third-order valence-corrected chi connectivity index (χ3v) is 10.7. The van der Waals surface area contributed by atoms with Crippen LogP contribution in [0.1, 0.15) is 18.6 Å². The monoisotopic (exact) mass is 486 g/mol. The Morgan fingerprint density at radius 3 is 2.95 bits per heavy atom. The average molecular weight is 486 g/mol. The van der Waals surface area contributed by atoms with Crippen molar-refractivity contribution in [2.75, 3.05) is 6.61 Å². The van der Waals surface area contributed by atoms with E-state index in [1.807, 2.05) is 31.2 Å². The quantitative estimate of drug-likeness (QED) is 0.171. The van der Waals surface area contributed by atoms with E-state index < -0.39 is 23.8 Å². The van der Waals surface area contributed by atoms with Crippen molar-refractivity contribution in [3.05, 3.63) is 29.8 Å². The number of nitrogens with one attached hydrogen (secondary N) is 2. The Labute approximate surface area is 132 Å². The molecule has 3 heterocycles. The van der Waals surface area contributed by atoms with E-state index in [-0.39, 0.29) is 15.7 Å². The van der Waals surface area contributed by atoms with E-state index in [0.29, 0.717) is 6.61 Å². The Hall–Kier alpha value is -0.130. The average Bonchev–Trinajstić information content (AvgIpc) is 3.21. The van der Waals surface area contributed by atoms with Crippen molar-refractivity contribution in [3.8, 4) is 5.75 Å². The molecule has 0 amide bonds. The van der Waals surface area contributed by atoms with Crippen LogP contribution in [-0.2, 0) is 9.53 Å². The van der Waals surface area contributed by atoms with Gasteiger partial charge in [0.2, 0.25) is 0 Å². The third kappa shape index (κ3) is 1.74. The van der Waals surface area contributed by atoms with Crippen LogP contribution in [0.25, 0.3) is 0 Å². The zero-order chi connectivity index (χ0) is 13.3. The molecular weight excluding hydrogens is 474 g/mol. The van der Waals surface area contributed by atoms with Gasteiger partial charge in [0.15, 0.2) is 0 Å². The van der Waals surface area contributed by atoms with Crippen LogP contribution in [0.15, 0.2) is 24.3 Å². The van der Waals surface area contributed by atoms with Gasteiger partial charge in [-0.25, -0.2) is 0 Å². The molecule has 2 fully saturated rings. The molecule has 7 heteroatoms. The Kier molecular flexibility index (Phi) is 2.62. The number of benzene rings is 1. The van der Waals surface area contributed by atoms with Gasteiger partial charge in [0.1, 0.15) is 0 Å². The molecule has 0 bridgehead atoms. The van der Waals surface area contributed by atoms with Crippen LogP contribution < -0.4 is 11.8 Å². The van der Waals surface area contributed by atoms with Gasteiger partial charge < -0.3 is 0 Å². The number of carbonyl (C=O) groups excluding carboxylic acids is 1. The molecule has 0 saturated carbocycles. The second-order valence-electron chi connectivity index (χ2n) is 4.88. The van der Waals surface area contributed by atoms with Crippen LogP contribution in [0.5, 0.6) is 5.75 Å². The van der Waals surface area contributed by atoms with Crippen LogP contribution in [0.2, 0.25) is 0 Å². The fraction of sp³-hybridized carbons (Fsp3) is 0.417. The molecule has 3 aliphatic heterocycles. The Bertz CT molecular complexity index is 572. The van der Waals surface area contributed by atoms with Crippen molar-refractivity contribution >= 4 is 48.9 Å². The van der Waals surface area contributed by atoms with Gasteiger partial charge in [0.25, 0.3) is 0 Å². The van der Waals surface area contributed by atoms with Gasteiger partial charge >= 0.3 is 133 Å². The zero-order valence-corrected chi connectivity index (χ0v) is 14.4. The van der Waals surface area contributed by atoms with Crippen molar-refractivity contribution in [2.45, 2.75) is 20.1 Å². The summed E-state index contributed by atoms with van der Waals surface area (Å²) in [4.78, 5) is 12.4. The Balaban J connectivity index is 1.52. The van der Waals surface area contributed by atoms with Crippen molar-refractivity contribution in [3.63, 3.8) is 0 Å². The molecule has 102 valence electrons. The number of carbonyl (C=O) groups is 1. The summed E-state index contributed by atoms with van der Waals surface area (Å²) >= 11 is 1.04. The summed E-state index contributed by atoms with van der Waals surface area (Å²) in [7, 11) is 0. The summed E-state index contributed by atoms with van der Waals surface area (Å²) in [5.41, 5.74) is 0.962. The van der Waals surface area contributed by atoms with Crippen molar-refractivity contribution < 1.29 is 14.3 Å². The van der Waals surface area contributed by atoms with Crippen LogP contribution in [0.3, 0.4) is 0 Å². The van der Waals surface area contributed by atoms with E-state index in [1.54, 1.807) is 0 Å². The summed E-state index contributed by atoms with van der Waals surface area (Å²) < 4.78 is 17.3. The van der Waals surface area contributed by atoms with E-state index >= 15 is 0 Å². The first-order valence-corrected chi connectivity index (χ1v) is 10.2. The summed E-state index contributed by atoms with van der Waals surface area (Å²) in [6.07, 6.45) is -0.283. The van der Waals surface area contributed by atoms with Gasteiger partial charge in [-0.05, 0) is 0 Å². The predicted molar refractivity (Wildman–Crippen MR) is 86.2 cm³/mol. The van der Waals surface area contributed by atoms with Crippen molar-refractivity contribution in [2.24, 2.45) is 0 Å². The molecular formula is C12H12I2N2O3. The van der Waals surface area contributed by atoms with Gasteiger partial charge in [0.05, 0.1) is 0 Å². The van der Waals surface area contributed by atoms with Crippen LogP contribution in [0.4, 0.5) is 0 Å². The second kappa shape index (κ2) is 3.95. The first-order chi connectivity index (χ1) is 9.04. The van der Waals surface area contributed by atoms with E-state index in [1.165, 1.54) is 0 Å². The summed E-state index contributed by atoms with van der Waals surface area (Å²) in [5, 5.41) is 0. The minimum atomic E-state index is -1.16. The van der Waals surface area contributed by atoms with E-state index in [2.05, 4.69) is 29.7 Å². The van der Waals surface area contributed by atoms with Gasteiger partial charge in [-0.3, -0.25) is 0 Å². The van der Waals surface area contributed by atoms with Crippen LogP contribution in [-0.4, -0.2) is 19.7 Å². The molecule has 3 aliphatic rings. The fourth-order valence-corrected chi connectivity index (χ4v) is 9.95. The SMILES string of the molecule is CC(I)(C(=O)OC1COc2ccccc21)C12NI1N2. The Morgan fingerprint density at radius 1 is 1.58 bits per heavy atom. The van der Waals surface area contributed by atoms with Crippen molar-refractivity contribution in [1.29, 1.82) is 0 Å². The molecule has 1 aromatic rings. The van der Waals surface area contributed by atoms with Gasteiger partial charge in [-0.1, -0.05) is 0 Å². The first kappa shape index (κ1) is 12.6. The number of rotatable bonds is 3.